The van der Waals surface area contributed by atoms with E-state index in [0.29, 0.717) is 11.4 Å². The Balaban J connectivity index is 1.86. The predicted octanol–water partition coefficient (Wildman–Crippen LogP) is 2.97. The molecule has 3 aromatic rings. The Morgan fingerprint density at radius 2 is 2.17 bits per heavy atom. The lowest BCUT2D eigenvalue weighted by molar-refractivity contribution is 0.104. The number of carbonyl (C=O) groups excluding carboxylic acids is 1. The van der Waals surface area contributed by atoms with Gasteiger partial charge in [0, 0.05) is 23.3 Å². The van der Waals surface area contributed by atoms with E-state index in [1.54, 1.807) is 21.6 Å². The highest BCUT2D eigenvalue weighted by molar-refractivity contribution is 9.10. The van der Waals surface area contributed by atoms with Crippen LogP contribution in [0.3, 0.4) is 0 Å². The van der Waals surface area contributed by atoms with Gasteiger partial charge in [0.25, 0.3) is 0 Å². The Morgan fingerprint density at radius 3 is 2.87 bits per heavy atom. The third-order valence-corrected chi connectivity index (χ3v) is 3.83. The zero-order valence-electron chi connectivity index (χ0n) is 12.6. The van der Waals surface area contributed by atoms with Crippen molar-refractivity contribution in [2.75, 3.05) is 0 Å². The minimum atomic E-state index is -0.187. The van der Waals surface area contributed by atoms with Gasteiger partial charge in [0.2, 0.25) is 5.78 Å². The number of benzene rings is 1. The van der Waals surface area contributed by atoms with Gasteiger partial charge in [0.15, 0.2) is 5.69 Å². The van der Waals surface area contributed by atoms with E-state index in [0.717, 1.165) is 15.7 Å². The smallest absolute Gasteiger partial charge is 0.208 e. The lowest BCUT2D eigenvalue weighted by atomic mass is 10.2. The average Bonchev–Trinajstić information content (AvgIpc) is 3.11. The van der Waals surface area contributed by atoms with E-state index in [4.69, 9.17) is 0 Å². The molecule has 7 heteroatoms. The molecule has 0 radical (unpaired) electrons. The molecule has 3 rings (SSSR count). The summed E-state index contributed by atoms with van der Waals surface area (Å²) < 4.78 is 4.27. The molecule has 0 aliphatic rings. The van der Waals surface area contributed by atoms with Crippen LogP contribution in [0.5, 0.6) is 0 Å². The fourth-order valence-corrected chi connectivity index (χ4v) is 2.57. The molecule has 0 atom stereocenters. The van der Waals surface area contributed by atoms with E-state index in [-0.39, 0.29) is 5.78 Å². The van der Waals surface area contributed by atoms with Crippen LogP contribution in [0.4, 0.5) is 0 Å². The monoisotopic (exact) mass is 371 g/mol. The van der Waals surface area contributed by atoms with Crippen LogP contribution in [0.15, 0.2) is 47.2 Å². The fraction of sp³-hybridized carbons (Fsp3) is 0.125. The molecule has 0 aliphatic heterocycles. The number of hydrogen-bond donors (Lipinski definition) is 0. The van der Waals surface area contributed by atoms with E-state index in [9.17, 15) is 4.79 Å². The molecule has 116 valence electrons. The molecule has 0 unspecified atom stereocenters. The Morgan fingerprint density at radius 1 is 1.35 bits per heavy atom. The summed E-state index contributed by atoms with van der Waals surface area (Å²) >= 11 is 3.42. The van der Waals surface area contributed by atoms with E-state index in [1.807, 2.05) is 44.4 Å². The number of aryl methyl sites for hydroxylation is 1. The summed E-state index contributed by atoms with van der Waals surface area (Å²) in [6.07, 6.45) is 6.72. The highest BCUT2D eigenvalue weighted by Crippen LogP contribution is 2.17. The first-order chi connectivity index (χ1) is 11.0. The molecule has 0 spiro atoms. The summed E-state index contributed by atoms with van der Waals surface area (Å²) in [5, 5.41) is 12.2. The first kappa shape index (κ1) is 15.4. The lowest BCUT2D eigenvalue weighted by Crippen LogP contribution is -2.01. The molecule has 23 heavy (non-hydrogen) atoms. The van der Waals surface area contributed by atoms with Crippen molar-refractivity contribution in [3.63, 3.8) is 0 Å². The predicted molar refractivity (Wildman–Crippen MR) is 90.4 cm³/mol. The number of allylic oxidation sites excluding steroid dienone is 1. The number of halogens is 1. The summed E-state index contributed by atoms with van der Waals surface area (Å²) in [6, 6.07) is 7.66. The summed E-state index contributed by atoms with van der Waals surface area (Å²) in [5.41, 5.74) is 2.74. The zero-order valence-corrected chi connectivity index (χ0v) is 14.2. The topological polar surface area (TPSA) is 65.6 Å². The van der Waals surface area contributed by atoms with Gasteiger partial charge >= 0.3 is 0 Å². The maximum Gasteiger partial charge on any atom is 0.208 e. The fourth-order valence-electron chi connectivity index (χ4n) is 2.19. The van der Waals surface area contributed by atoms with E-state index in [1.165, 1.54) is 6.08 Å². The molecular weight excluding hydrogens is 358 g/mol. The summed E-state index contributed by atoms with van der Waals surface area (Å²) in [7, 11) is 1.83. The van der Waals surface area contributed by atoms with Crippen LogP contribution in [0.25, 0.3) is 11.8 Å². The van der Waals surface area contributed by atoms with E-state index < -0.39 is 0 Å². The first-order valence-electron chi connectivity index (χ1n) is 6.94. The standard InChI is InChI=1S/C16H14BrN5O/c1-11-16(15(23)7-6-12-9-18-21(2)10-12)19-20-22(11)14-5-3-4-13(17)8-14/h3-10H,1-2H3. The van der Waals surface area contributed by atoms with Crippen molar-refractivity contribution < 1.29 is 4.79 Å². The summed E-state index contributed by atoms with van der Waals surface area (Å²) in [4.78, 5) is 12.3. The lowest BCUT2D eigenvalue weighted by Gasteiger charge is -2.03. The number of ketones is 1. The molecule has 0 fully saturated rings. The third kappa shape index (κ3) is 3.29. The van der Waals surface area contributed by atoms with Gasteiger partial charge in [-0.3, -0.25) is 9.48 Å². The van der Waals surface area contributed by atoms with Gasteiger partial charge in [-0.25, -0.2) is 4.68 Å². The highest BCUT2D eigenvalue weighted by atomic mass is 79.9. The van der Waals surface area contributed by atoms with Gasteiger partial charge in [-0.1, -0.05) is 27.2 Å². The molecule has 6 nitrogen and oxygen atoms in total. The van der Waals surface area contributed by atoms with Gasteiger partial charge < -0.3 is 0 Å². The zero-order chi connectivity index (χ0) is 16.4. The number of hydrogen-bond acceptors (Lipinski definition) is 4. The van der Waals surface area contributed by atoms with Crippen molar-refractivity contribution in [2.24, 2.45) is 7.05 Å². The minimum Gasteiger partial charge on any atom is -0.287 e. The molecule has 2 heterocycles. The van der Waals surface area contributed by atoms with Gasteiger partial charge in [0.05, 0.1) is 17.6 Å². The Bertz CT molecular complexity index is 894. The van der Waals surface area contributed by atoms with Gasteiger partial charge in [-0.05, 0) is 37.3 Å². The maximum absolute atomic E-state index is 12.3. The third-order valence-electron chi connectivity index (χ3n) is 3.33. The highest BCUT2D eigenvalue weighted by Gasteiger charge is 2.15. The number of nitrogens with zero attached hydrogens (tertiary/aromatic N) is 5. The van der Waals surface area contributed by atoms with Crippen LogP contribution in [0.2, 0.25) is 0 Å². The van der Waals surface area contributed by atoms with Gasteiger partial charge in [-0.2, -0.15) is 5.10 Å². The Labute approximate surface area is 141 Å². The molecule has 2 aromatic heterocycles. The Kier molecular flexibility index (Phi) is 4.20. The van der Waals surface area contributed by atoms with Gasteiger partial charge in [0.1, 0.15) is 0 Å². The quantitative estimate of drug-likeness (QED) is 0.522. The molecule has 0 N–H and O–H groups in total. The Hall–Kier alpha value is -2.54. The largest absolute Gasteiger partial charge is 0.287 e. The first-order valence-corrected chi connectivity index (χ1v) is 7.73. The second kappa shape index (κ2) is 6.29. The van der Waals surface area contributed by atoms with Crippen LogP contribution in [0.1, 0.15) is 21.7 Å². The van der Waals surface area contributed by atoms with Crippen molar-refractivity contribution >= 4 is 27.8 Å². The van der Waals surface area contributed by atoms with E-state index in [2.05, 4.69) is 31.3 Å². The van der Waals surface area contributed by atoms with Crippen LogP contribution in [-0.4, -0.2) is 30.6 Å². The molecule has 0 aliphatic carbocycles. The van der Waals surface area contributed by atoms with Gasteiger partial charge in [-0.15, -0.1) is 5.10 Å². The molecule has 0 saturated carbocycles. The van der Waals surface area contributed by atoms with Crippen LogP contribution in [-0.2, 0) is 7.05 Å². The van der Waals surface area contributed by atoms with Crippen molar-refractivity contribution in [2.45, 2.75) is 6.92 Å². The van der Waals surface area contributed by atoms with Crippen molar-refractivity contribution in [1.82, 2.24) is 24.8 Å². The number of aromatic nitrogens is 5. The maximum atomic E-state index is 12.3. The summed E-state index contributed by atoms with van der Waals surface area (Å²) in [5.74, 6) is -0.187. The van der Waals surface area contributed by atoms with Crippen molar-refractivity contribution in [3.8, 4) is 5.69 Å². The van der Waals surface area contributed by atoms with Crippen molar-refractivity contribution in [1.29, 1.82) is 0 Å². The van der Waals surface area contributed by atoms with Crippen LogP contribution < -0.4 is 0 Å². The second-order valence-corrected chi connectivity index (χ2v) is 5.98. The molecular formula is C16H14BrN5O. The number of carbonyl (C=O) groups is 1. The van der Waals surface area contributed by atoms with Crippen LogP contribution >= 0.6 is 15.9 Å². The normalized spacial score (nSPS) is 11.3. The van der Waals surface area contributed by atoms with E-state index >= 15 is 0 Å². The molecule has 0 saturated heterocycles. The SMILES string of the molecule is Cc1c(C(=O)C=Cc2cnn(C)c2)nnn1-c1cccc(Br)c1. The van der Waals surface area contributed by atoms with Crippen molar-refractivity contribution in [3.05, 3.63) is 64.2 Å². The summed E-state index contributed by atoms with van der Waals surface area (Å²) in [6.45, 7) is 1.83. The average molecular weight is 372 g/mol. The molecule has 0 bridgehead atoms. The number of rotatable bonds is 4. The second-order valence-electron chi connectivity index (χ2n) is 5.06. The minimum absolute atomic E-state index is 0.187. The molecule has 1 aromatic carbocycles. The molecule has 0 amide bonds. The van der Waals surface area contributed by atoms with Crippen LogP contribution in [0, 0.1) is 6.92 Å².